The van der Waals surface area contributed by atoms with Crippen LogP contribution in [0.5, 0.6) is 11.5 Å². The van der Waals surface area contributed by atoms with Gasteiger partial charge in [-0.25, -0.2) is 9.59 Å². The molecule has 0 aromatic heterocycles. The largest absolute Gasteiger partial charge is 0.505 e. The number of phenols is 2. The van der Waals surface area contributed by atoms with Crippen LogP contribution >= 0.6 is 23.2 Å². The number of halogens is 2. The van der Waals surface area contributed by atoms with E-state index in [1.807, 2.05) is 32.9 Å². The van der Waals surface area contributed by atoms with Crippen molar-refractivity contribution >= 4 is 41.1 Å². The van der Waals surface area contributed by atoms with Crippen LogP contribution in [-0.4, -0.2) is 153 Å². The second-order valence-corrected chi connectivity index (χ2v) is 20.1. The third kappa shape index (κ3) is 14.7. The maximum atomic E-state index is 13.9. The highest BCUT2D eigenvalue weighted by Crippen LogP contribution is 2.45. The molecule has 0 amide bonds. The number of hydrogen-bond donors (Lipinski definition) is 7. The first-order chi connectivity index (χ1) is 33.7. The van der Waals surface area contributed by atoms with Crippen LogP contribution in [0.25, 0.3) is 0 Å². The molecule has 2 saturated heterocycles. The molecule has 0 radical (unpaired) electrons. The van der Waals surface area contributed by atoms with E-state index in [1.54, 1.807) is 53.7 Å². The van der Waals surface area contributed by atoms with Gasteiger partial charge in [-0.3, -0.25) is 4.79 Å². The molecule has 5 unspecified atom stereocenters. The first kappa shape index (κ1) is 60.7. The Labute approximate surface area is 431 Å². The number of ether oxygens (including phenoxy) is 8. The number of esters is 3. The van der Waals surface area contributed by atoms with E-state index in [2.05, 4.69) is 0 Å². The Bertz CT molecular complexity index is 2220. The van der Waals surface area contributed by atoms with Gasteiger partial charge in [-0.2, -0.15) is 0 Å². The number of aromatic hydroxyl groups is 2. The molecule has 3 aliphatic rings. The Morgan fingerprint density at radius 2 is 1.57 bits per heavy atom. The number of allylic oxidation sites excluding steroid dienone is 4. The highest BCUT2D eigenvalue weighted by Gasteiger charge is 2.53. The molecule has 0 bridgehead atoms. The normalized spacial score (nSPS) is 34.8. The summed E-state index contributed by atoms with van der Waals surface area (Å²) in [6.07, 6.45) is -5.45. The molecule has 3 heterocycles. The molecule has 404 valence electrons. The molecule has 18 nitrogen and oxygen atoms in total. The number of methoxy groups -OCH3 is 1. The van der Waals surface area contributed by atoms with Crippen molar-refractivity contribution in [3.63, 3.8) is 0 Å². The van der Waals surface area contributed by atoms with Gasteiger partial charge in [0.1, 0.15) is 46.7 Å². The van der Waals surface area contributed by atoms with Gasteiger partial charge < -0.3 is 73.6 Å². The Kier molecular flexibility index (Phi) is 22.4. The number of cyclic esters (lactones) is 1. The molecule has 7 N–H and O–H groups in total. The summed E-state index contributed by atoms with van der Waals surface area (Å²) < 4.78 is 47.5. The zero-order valence-electron chi connectivity index (χ0n) is 43.0. The molecule has 0 spiro atoms. The minimum atomic E-state index is -1.61. The van der Waals surface area contributed by atoms with Crippen LogP contribution in [0.2, 0.25) is 10.0 Å². The van der Waals surface area contributed by atoms with Crippen LogP contribution < -0.4 is 0 Å². The lowest BCUT2D eigenvalue weighted by atomic mass is 9.88. The van der Waals surface area contributed by atoms with Crippen LogP contribution in [0.3, 0.4) is 0 Å². The minimum Gasteiger partial charge on any atom is -0.505 e. The monoisotopic (exact) mass is 1060 g/mol. The molecule has 0 aliphatic carbocycles. The second-order valence-electron chi connectivity index (χ2n) is 19.4. The molecule has 1 aromatic carbocycles. The van der Waals surface area contributed by atoms with E-state index < -0.39 is 144 Å². The lowest BCUT2D eigenvalue weighted by Crippen LogP contribution is -2.64. The Morgan fingerprint density at radius 1 is 0.903 bits per heavy atom. The van der Waals surface area contributed by atoms with Crippen molar-refractivity contribution in [3.8, 4) is 11.5 Å². The van der Waals surface area contributed by atoms with E-state index in [9.17, 15) is 50.1 Å². The topological polar surface area (TPSA) is 267 Å². The fraction of sp³-hybridized carbons (Fsp3) is 0.635. The highest BCUT2D eigenvalue weighted by molar-refractivity contribution is 6.39. The van der Waals surface area contributed by atoms with E-state index in [0.29, 0.717) is 23.1 Å². The summed E-state index contributed by atoms with van der Waals surface area (Å²) in [6, 6.07) is 0. The van der Waals surface area contributed by atoms with E-state index >= 15 is 0 Å². The van der Waals surface area contributed by atoms with Gasteiger partial charge in [-0.1, -0.05) is 86.9 Å². The predicted molar refractivity (Wildman–Crippen MR) is 265 cm³/mol. The van der Waals surface area contributed by atoms with Gasteiger partial charge in [-0.15, -0.1) is 0 Å². The van der Waals surface area contributed by atoms with Crippen molar-refractivity contribution in [2.45, 2.75) is 187 Å². The minimum absolute atomic E-state index is 0.0372. The number of aliphatic hydroxyl groups excluding tert-OH is 5. The molecule has 2 fully saturated rings. The molecule has 1 aromatic rings. The third-order valence-electron chi connectivity index (χ3n) is 13.0. The van der Waals surface area contributed by atoms with Crippen LogP contribution in [0, 0.1) is 11.8 Å². The first-order valence-corrected chi connectivity index (χ1v) is 24.9. The standard InChI is InChI=1S/C52H74Cl2O18/c1-13-30-22-26(6)33(56)18-16-15-17-31(23-66-51-45(65-12)42(61)44(29(9)67-51)69-49(64)35-32(14-2)36(53)39(58)37(54)38(35)57)48(63)68-34(28(8)55)20-19-25(5)21-27(7)43(30)70-50-41(60)40(59)46(52(10,11)72-50)71-47(62)24(3)4/h15-17,19,21-22,24,28-30,33-34,40-46,50-51,55-61H,13-14,18,20,23H2,1-12H3/b16-15-,25-19-,26-22-,27-21-,31-17-/t28?,29-,30?,33?,34?,40+,41-,42+,43?,44-,45+,46+,50+,51-/m0/s1. The van der Waals surface area contributed by atoms with Crippen molar-refractivity contribution in [2.75, 3.05) is 13.7 Å². The van der Waals surface area contributed by atoms with E-state index in [4.69, 9.17) is 61.1 Å². The summed E-state index contributed by atoms with van der Waals surface area (Å²) in [6.45, 7) is 18.1. The summed E-state index contributed by atoms with van der Waals surface area (Å²) >= 11 is 12.3. The molecule has 3 aliphatic heterocycles. The maximum Gasteiger partial charge on any atom is 0.342 e. The number of carbonyl (C=O) groups is 3. The van der Waals surface area contributed by atoms with E-state index in [0.717, 1.165) is 0 Å². The maximum absolute atomic E-state index is 13.9. The zero-order valence-corrected chi connectivity index (χ0v) is 44.5. The Hall–Kier alpha value is -3.89. The van der Waals surface area contributed by atoms with Gasteiger partial charge in [-0.05, 0) is 90.5 Å². The Morgan fingerprint density at radius 3 is 2.17 bits per heavy atom. The fourth-order valence-corrected chi connectivity index (χ4v) is 9.16. The summed E-state index contributed by atoms with van der Waals surface area (Å²) in [4.78, 5) is 40.0. The summed E-state index contributed by atoms with van der Waals surface area (Å²) in [5.74, 6) is -4.78. The van der Waals surface area contributed by atoms with Crippen molar-refractivity contribution in [3.05, 3.63) is 79.9 Å². The van der Waals surface area contributed by atoms with Crippen molar-refractivity contribution in [2.24, 2.45) is 11.8 Å². The van der Waals surface area contributed by atoms with Gasteiger partial charge >= 0.3 is 17.9 Å². The average Bonchev–Trinajstić information content (AvgIpc) is 3.32. The zero-order chi connectivity index (χ0) is 54.1. The number of rotatable bonds is 13. The van der Waals surface area contributed by atoms with E-state index in [1.165, 1.54) is 33.1 Å². The lowest BCUT2D eigenvalue weighted by Gasteiger charge is -2.47. The number of hydrogen-bond acceptors (Lipinski definition) is 18. The first-order valence-electron chi connectivity index (χ1n) is 24.2. The smallest absolute Gasteiger partial charge is 0.342 e. The number of carbonyl (C=O) groups excluding carboxylic acids is 3. The molecule has 0 saturated carbocycles. The van der Waals surface area contributed by atoms with Crippen molar-refractivity contribution in [1.29, 1.82) is 0 Å². The molecule has 72 heavy (non-hydrogen) atoms. The lowest BCUT2D eigenvalue weighted by molar-refractivity contribution is -0.333. The summed E-state index contributed by atoms with van der Waals surface area (Å²) in [5, 5.41) is 76.5. The van der Waals surface area contributed by atoms with Crippen LogP contribution in [0.4, 0.5) is 0 Å². The second kappa shape index (κ2) is 26.5. The van der Waals surface area contributed by atoms with Crippen LogP contribution in [0.15, 0.2) is 58.7 Å². The number of aliphatic hydroxyl groups is 5. The molecule has 20 heteroatoms. The van der Waals surface area contributed by atoms with Gasteiger partial charge in [0.15, 0.2) is 36.3 Å². The highest BCUT2D eigenvalue weighted by atomic mass is 35.5. The van der Waals surface area contributed by atoms with Gasteiger partial charge in [0.25, 0.3) is 0 Å². The molecule has 4 rings (SSSR count). The van der Waals surface area contributed by atoms with E-state index in [-0.39, 0.29) is 35.4 Å². The van der Waals surface area contributed by atoms with Gasteiger partial charge in [0.2, 0.25) is 0 Å². The summed E-state index contributed by atoms with van der Waals surface area (Å²) in [5.41, 5.74) is 0.318. The predicted octanol–water partition coefficient (Wildman–Crippen LogP) is 6.23. The van der Waals surface area contributed by atoms with Crippen LogP contribution in [-0.2, 0) is 53.9 Å². The van der Waals surface area contributed by atoms with Gasteiger partial charge in [0, 0.05) is 19.4 Å². The van der Waals surface area contributed by atoms with Crippen molar-refractivity contribution in [1.82, 2.24) is 0 Å². The molecular weight excluding hydrogens is 983 g/mol. The van der Waals surface area contributed by atoms with Crippen LogP contribution in [0.1, 0.15) is 111 Å². The average molecular weight is 1060 g/mol. The third-order valence-corrected chi connectivity index (χ3v) is 13.8. The van der Waals surface area contributed by atoms with Gasteiger partial charge in [0.05, 0.1) is 47.5 Å². The molecular formula is C52H74Cl2O18. The summed E-state index contributed by atoms with van der Waals surface area (Å²) in [7, 11) is 1.26. The SMILES string of the molecule is CCc1c(Cl)c(O)c(Cl)c(O)c1C(=O)O[C@@H]1[C@@H](O)[C@@H](OC)[C@@H](OC/C2=C/C=C\CC(O)/C(C)=C\C(CC)C(O[C@@H]3OC(C)(C)[C@H](OC(=O)C(C)C)[C@H](O)[C@@H]3O)/C(C)=C\C(C)=C/CC(C(C)O)OC2=O)O[C@H]1C. The molecule has 14 atom stereocenters. The fourth-order valence-electron chi connectivity index (χ4n) is 8.60. The quantitative estimate of drug-likeness (QED) is 0.0655. The number of benzene rings is 1. The number of phenolic OH excluding ortho intramolecular Hbond substituents is 2. The Balaban J connectivity index is 1.61. The van der Waals surface area contributed by atoms with Crippen molar-refractivity contribution < 1.29 is 88.0 Å².